The molecule has 0 amide bonds. The number of carbonyl (C=O) groups is 1. The Bertz CT molecular complexity index is 722. The molecule has 0 aromatic carbocycles. The van der Waals surface area contributed by atoms with Gasteiger partial charge in [0.2, 0.25) is 0 Å². The smallest absolute Gasteiger partial charge is 0.192 e. The summed E-state index contributed by atoms with van der Waals surface area (Å²) in [6.45, 7) is 27.1. The SMILES string of the molecule is CC(CC[C@@H]1C=C[C@H]2C(=C1)C(=O)[C@@H](C)[C@@H]2O[Si](C)(C)C(C)(C)C)O[Si](C)(C)C(C)(C)C. The van der Waals surface area contributed by atoms with Gasteiger partial charge in [0.1, 0.15) is 0 Å². The van der Waals surface area contributed by atoms with Gasteiger partial charge in [-0.05, 0) is 61.9 Å². The Morgan fingerprint density at radius 3 is 2.03 bits per heavy atom. The zero-order chi connectivity index (χ0) is 24.0. The second-order valence-electron chi connectivity index (χ2n) is 13.0. The fourth-order valence-electron chi connectivity index (χ4n) is 4.06. The molecule has 0 bridgehead atoms. The van der Waals surface area contributed by atoms with E-state index in [1.807, 2.05) is 0 Å². The van der Waals surface area contributed by atoms with Gasteiger partial charge in [0, 0.05) is 23.5 Å². The Labute approximate surface area is 194 Å². The fourth-order valence-corrected chi connectivity index (χ4v) is 6.92. The average molecular weight is 465 g/mol. The minimum absolute atomic E-state index is 0.0160. The predicted octanol–water partition coefficient (Wildman–Crippen LogP) is 7.51. The third kappa shape index (κ3) is 5.90. The zero-order valence-corrected chi connectivity index (χ0v) is 24.3. The molecule has 1 fully saturated rings. The van der Waals surface area contributed by atoms with E-state index >= 15 is 0 Å². The molecule has 1 unspecified atom stereocenters. The third-order valence-corrected chi connectivity index (χ3v) is 17.4. The Morgan fingerprint density at radius 2 is 1.52 bits per heavy atom. The molecule has 0 aliphatic heterocycles. The summed E-state index contributed by atoms with van der Waals surface area (Å²) in [5.41, 5.74) is 0.988. The van der Waals surface area contributed by atoms with Crippen molar-refractivity contribution < 1.29 is 13.6 Å². The molecule has 2 aliphatic rings. The highest BCUT2D eigenvalue weighted by Gasteiger charge is 2.49. The number of fused-ring (bicyclic) bond motifs is 1. The van der Waals surface area contributed by atoms with Crippen molar-refractivity contribution >= 4 is 22.4 Å². The predicted molar refractivity (Wildman–Crippen MR) is 137 cm³/mol. The maximum Gasteiger partial charge on any atom is 0.192 e. The molecule has 0 N–H and O–H groups in total. The summed E-state index contributed by atoms with van der Waals surface area (Å²) in [5.74, 6) is 0.663. The molecule has 0 heterocycles. The van der Waals surface area contributed by atoms with Gasteiger partial charge < -0.3 is 8.85 Å². The number of allylic oxidation sites excluding steroid dienone is 2. The van der Waals surface area contributed by atoms with Gasteiger partial charge in [0.05, 0.1) is 6.10 Å². The maximum atomic E-state index is 13.1. The second kappa shape index (κ2) is 9.04. The summed E-state index contributed by atoms with van der Waals surface area (Å²) >= 11 is 0. The molecule has 2 aliphatic carbocycles. The van der Waals surface area contributed by atoms with Crippen molar-refractivity contribution in [2.45, 2.75) is 117 Å². The molecule has 0 aromatic heterocycles. The molecule has 178 valence electrons. The second-order valence-corrected chi connectivity index (χ2v) is 22.5. The lowest BCUT2D eigenvalue weighted by Gasteiger charge is -2.40. The van der Waals surface area contributed by atoms with Crippen LogP contribution in [0.3, 0.4) is 0 Å². The van der Waals surface area contributed by atoms with Crippen molar-refractivity contribution in [2.24, 2.45) is 17.8 Å². The van der Waals surface area contributed by atoms with Crippen LogP contribution in [0, 0.1) is 17.8 Å². The van der Waals surface area contributed by atoms with Crippen LogP contribution in [0.5, 0.6) is 0 Å². The van der Waals surface area contributed by atoms with Gasteiger partial charge in [-0.1, -0.05) is 66.7 Å². The molecule has 31 heavy (non-hydrogen) atoms. The lowest BCUT2D eigenvalue weighted by atomic mass is 9.87. The van der Waals surface area contributed by atoms with E-state index in [1.54, 1.807) is 0 Å². The average Bonchev–Trinajstić information content (AvgIpc) is 2.82. The van der Waals surface area contributed by atoms with E-state index in [4.69, 9.17) is 8.85 Å². The van der Waals surface area contributed by atoms with Crippen LogP contribution < -0.4 is 0 Å². The van der Waals surface area contributed by atoms with E-state index in [0.29, 0.717) is 5.92 Å². The number of carbonyl (C=O) groups excluding carboxylic acids is 1. The van der Waals surface area contributed by atoms with Crippen LogP contribution in [-0.2, 0) is 13.6 Å². The van der Waals surface area contributed by atoms with Gasteiger partial charge in [0.15, 0.2) is 22.4 Å². The molecule has 0 saturated heterocycles. The molecular formula is C26H48O3Si2. The number of hydrogen-bond acceptors (Lipinski definition) is 3. The molecule has 0 radical (unpaired) electrons. The Morgan fingerprint density at radius 1 is 0.968 bits per heavy atom. The van der Waals surface area contributed by atoms with Gasteiger partial charge in [-0.2, -0.15) is 0 Å². The van der Waals surface area contributed by atoms with Gasteiger partial charge in [0.25, 0.3) is 0 Å². The molecule has 3 nitrogen and oxygen atoms in total. The molecular weight excluding hydrogens is 416 g/mol. The summed E-state index contributed by atoms with van der Waals surface area (Å²) < 4.78 is 13.3. The maximum absolute atomic E-state index is 13.1. The largest absolute Gasteiger partial charge is 0.414 e. The van der Waals surface area contributed by atoms with Crippen molar-refractivity contribution in [1.29, 1.82) is 0 Å². The first-order chi connectivity index (χ1) is 13.9. The molecule has 0 spiro atoms. The minimum atomic E-state index is -1.93. The summed E-state index contributed by atoms with van der Waals surface area (Å²) in [4.78, 5) is 13.1. The van der Waals surface area contributed by atoms with E-state index < -0.39 is 16.6 Å². The highest BCUT2D eigenvalue weighted by molar-refractivity contribution is 6.74. The first kappa shape index (κ1) is 26.8. The van der Waals surface area contributed by atoms with Crippen LogP contribution in [0.2, 0.25) is 36.3 Å². The first-order valence-electron chi connectivity index (χ1n) is 12.2. The van der Waals surface area contributed by atoms with Gasteiger partial charge >= 0.3 is 0 Å². The van der Waals surface area contributed by atoms with E-state index in [-0.39, 0.29) is 39.9 Å². The number of Topliss-reactive ketones (excluding diaryl/α,β-unsaturated/α-hetero) is 1. The summed E-state index contributed by atoms with van der Waals surface area (Å²) in [5, 5.41) is 0.371. The van der Waals surface area contributed by atoms with E-state index in [0.717, 1.165) is 18.4 Å². The zero-order valence-electron chi connectivity index (χ0n) is 22.3. The molecule has 1 saturated carbocycles. The van der Waals surface area contributed by atoms with Crippen LogP contribution in [0.15, 0.2) is 23.8 Å². The Hall–Kier alpha value is -0.496. The molecule has 2 rings (SSSR count). The van der Waals surface area contributed by atoms with Crippen LogP contribution >= 0.6 is 0 Å². The molecule has 5 atom stereocenters. The van der Waals surface area contributed by atoms with Crippen molar-refractivity contribution in [2.75, 3.05) is 0 Å². The standard InChI is InChI=1S/C26H48O3Si2/c1-18(28-30(9,10)25(3,4)5)13-14-20-15-16-21-22(17-20)23(27)19(2)24(21)29-31(11,12)26(6,7)8/h15-21,24H,13-14H2,1-12H3/t18?,19-,20-,21+,24+/m1/s1. The van der Waals surface area contributed by atoms with E-state index in [9.17, 15) is 4.79 Å². The van der Waals surface area contributed by atoms with Gasteiger partial charge in [-0.15, -0.1) is 0 Å². The summed E-state index contributed by atoms with van der Waals surface area (Å²) in [6, 6.07) is 0. The van der Waals surface area contributed by atoms with Gasteiger partial charge in [-0.25, -0.2) is 0 Å². The lowest BCUT2D eigenvalue weighted by molar-refractivity contribution is -0.118. The van der Waals surface area contributed by atoms with Crippen LogP contribution in [0.25, 0.3) is 0 Å². The van der Waals surface area contributed by atoms with Crippen molar-refractivity contribution in [1.82, 2.24) is 0 Å². The minimum Gasteiger partial charge on any atom is -0.414 e. The number of ketones is 1. The van der Waals surface area contributed by atoms with Crippen LogP contribution in [-0.4, -0.2) is 34.6 Å². The normalized spacial score (nSPS) is 28.5. The van der Waals surface area contributed by atoms with Crippen LogP contribution in [0.4, 0.5) is 0 Å². The Balaban J connectivity index is 2.04. The highest BCUT2D eigenvalue weighted by Crippen LogP contribution is 2.45. The van der Waals surface area contributed by atoms with Crippen molar-refractivity contribution in [3.05, 3.63) is 23.8 Å². The van der Waals surface area contributed by atoms with E-state index in [1.165, 1.54) is 0 Å². The third-order valence-electron chi connectivity index (χ3n) is 8.31. The Kier molecular flexibility index (Phi) is 7.80. The fraction of sp³-hybridized carbons (Fsp3) is 0.808. The summed E-state index contributed by atoms with van der Waals surface area (Å²) in [7, 11) is -3.67. The molecule has 5 heteroatoms. The highest BCUT2D eigenvalue weighted by atomic mass is 28.4. The van der Waals surface area contributed by atoms with Gasteiger partial charge in [-0.3, -0.25) is 4.79 Å². The van der Waals surface area contributed by atoms with E-state index in [2.05, 4.69) is 99.8 Å². The monoisotopic (exact) mass is 464 g/mol. The van der Waals surface area contributed by atoms with Crippen LogP contribution in [0.1, 0.15) is 68.2 Å². The summed E-state index contributed by atoms with van der Waals surface area (Å²) in [6.07, 6.45) is 9.08. The topological polar surface area (TPSA) is 35.5 Å². The molecule has 0 aromatic rings. The number of hydrogen-bond donors (Lipinski definition) is 0. The lowest BCUT2D eigenvalue weighted by Crippen LogP contribution is -2.46. The van der Waals surface area contributed by atoms with Crippen molar-refractivity contribution in [3.8, 4) is 0 Å². The quantitative estimate of drug-likeness (QED) is 0.289. The first-order valence-corrected chi connectivity index (χ1v) is 18.0. The van der Waals surface area contributed by atoms with Crippen molar-refractivity contribution in [3.63, 3.8) is 0 Å². The number of rotatable bonds is 7.